The molecule has 23 heavy (non-hydrogen) atoms. The molecule has 122 valence electrons. The molecule has 0 saturated heterocycles. The summed E-state index contributed by atoms with van der Waals surface area (Å²) in [6.45, 7) is 4.05. The molecule has 2 rings (SSSR count). The molecule has 0 fully saturated rings. The lowest BCUT2D eigenvalue weighted by atomic mass is 10.0. The second-order valence-electron chi connectivity index (χ2n) is 5.31. The van der Waals surface area contributed by atoms with Crippen LogP contribution in [0.15, 0.2) is 46.6 Å². The number of allylic oxidation sites excluding steroid dienone is 1. The Morgan fingerprint density at radius 2 is 2.09 bits per heavy atom. The molecule has 0 aromatic heterocycles. The van der Waals surface area contributed by atoms with E-state index in [4.69, 9.17) is 4.74 Å². The van der Waals surface area contributed by atoms with Crippen molar-refractivity contribution < 1.29 is 14.1 Å². The standard InChI is InChI=1S/C17H21N3O2S/c1-5-22-16(21)14-12(2)19-17(18-11-20(3)4)23-15(14)13-9-7-6-8-10-13/h6-11,15H,5H2,1-4H3/p+1/t15-/m0/s1. The second-order valence-corrected chi connectivity index (χ2v) is 6.40. The van der Waals surface area contributed by atoms with Crippen molar-refractivity contribution in [2.45, 2.75) is 19.1 Å². The van der Waals surface area contributed by atoms with E-state index in [1.165, 1.54) is 11.8 Å². The average Bonchev–Trinajstić information content (AvgIpc) is 2.53. The summed E-state index contributed by atoms with van der Waals surface area (Å²) in [4.78, 5) is 16.8. The molecule has 1 N–H and O–H groups in total. The largest absolute Gasteiger partial charge is 0.463 e. The first-order valence-corrected chi connectivity index (χ1v) is 8.35. The summed E-state index contributed by atoms with van der Waals surface area (Å²) in [7, 11) is 3.83. The first-order chi connectivity index (χ1) is 11.0. The Bertz CT molecular complexity index is 662. The zero-order chi connectivity index (χ0) is 16.8. The maximum Gasteiger partial charge on any atom is 0.337 e. The van der Waals surface area contributed by atoms with Gasteiger partial charge in [-0.3, -0.25) is 4.58 Å². The predicted molar refractivity (Wildman–Crippen MR) is 94.9 cm³/mol. The van der Waals surface area contributed by atoms with Gasteiger partial charge in [-0.1, -0.05) is 30.3 Å². The van der Waals surface area contributed by atoms with Crippen LogP contribution in [-0.2, 0) is 9.53 Å². The summed E-state index contributed by atoms with van der Waals surface area (Å²) < 4.78 is 7.10. The van der Waals surface area contributed by atoms with Crippen LogP contribution in [0.3, 0.4) is 0 Å². The molecule has 0 radical (unpaired) electrons. The van der Waals surface area contributed by atoms with Crippen molar-refractivity contribution >= 4 is 29.2 Å². The highest BCUT2D eigenvalue weighted by molar-refractivity contribution is 8.14. The summed E-state index contributed by atoms with van der Waals surface area (Å²) in [5, 5.41) is 3.82. The maximum atomic E-state index is 12.4. The molecule has 0 amide bonds. The number of benzene rings is 1. The quantitative estimate of drug-likeness (QED) is 0.398. The van der Waals surface area contributed by atoms with Gasteiger partial charge in [0, 0.05) is 5.70 Å². The molecule has 0 aliphatic carbocycles. The van der Waals surface area contributed by atoms with Crippen LogP contribution in [0.4, 0.5) is 0 Å². The van der Waals surface area contributed by atoms with Crippen molar-refractivity contribution in [3.8, 4) is 0 Å². The number of esters is 1. The Morgan fingerprint density at radius 1 is 1.39 bits per heavy atom. The second kappa shape index (κ2) is 7.97. The lowest BCUT2D eigenvalue weighted by molar-refractivity contribution is -0.460. The van der Waals surface area contributed by atoms with Gasteiger partial charge in [0.1, 0.15) is 0 Å². The van der Waals surface area contributed by atoms with Crippen LogP contribution in [0.1, 0.15) is 24.7 Å². The van der Waals surface area contributed by atoms with E-state index in [1.54, 1.807) is 6.34 Å². The number of rotatable bonds is 4. The van der Waals surface area contributed by atoms with Crippen LogP contribution < -0.4 is 5.32 Å². The highest BCUT2D eigenvalue weighted by atomic mass is 32.2. The van der Waals surface area contributed by atoms with Crippen LogP contribution in [0.2, 0.25) is 0 Å². The highest BCUT2D eigenvalue weighted by Crippen LogP contribution is 2.40. The van der Waals surface area contributed by atoms with Crippen molar-refractivity contribution in [2.75, 3.05) is 20.7 Å². The minimum atomic E-state index is -0.283. The van der Waals surface area contributed by atoms with Crippen LogP contribution in [-0.4, -0.2) is 42.8 Å². The van der Waals surface area contributed by atoms with Gasteiger partial charge >= 0.3 is 5.97 Å². The summed E-state index contributed by atoms with van der Waals surface area (Å²) in [6.07, 6.45) is 1.74. The first kappa shape index (κ1) is 17.3. The molecular formula is C17H22N3O2S+. The Labute approximate surface area is 141 Å². The van der Waals surface area contributed by atoms with Crippen molar-refractivity contribution in [3.63, 3.8) is 0 Å². The van der Waals surface area contributed by atoms with E-state index in [0.717, 1.165) is 16.4 Å². The molecule has 1 heterocycles. The molecular weight excluding hydrogens is 310 g/mol. The van der Waals surface area contributed by atoms with Crippen LogP contribution in [0, 0.1) is 0 Å². The van der Waals surface area contributed by atoms with Gasteiger partial charge in [0.15, 0.2) is 0 Å². The normalized spacial score (nSPS) is 19.3. The molecule has 1 aromatic carbocycles. The first-order valence-electron chi connectivity index (χ1n) is 7.47. The fourth-order valence-electron chi connectivity index (χ4n) is 2.19. The lowest BCUT2D eigenvalue weighted by Crippen LogP contribution is -2.31. The fraction of sp³-hybridized carbons (Fsp3) is 0.353. The van der Waals surface area contributed by atoms with Gasteiger partial charge in [0.25, 0.3) is 11.5 Å². The van der Waals surface area contributed by atoms with E-state index in [2.05, 4.69) is 10.3 Å². The molecule has 1 atom stereocenters. The van der Waals surface area contributed by atoms with E-state index in [0.29, 0.717) is 12.2 Å². The Morgan fingerprint density at radius 3 is 2.70 bits per heavy atom. The number of nitrogens with one attached hydrogen (secondary N) is 1. The third-order valence-electron chi connectivity index (χ3n) is 3.19. The zero-order valence-corrected chi connectivity index (χ0v) is 14.7. The SMILES string of the molecule is CCOC(=O)C1=C(C)NC(=NC=[N+](C)C)S[C@H]1c1ccccc1. The molecule has 1 aliphatic heterocycles. The van der Waals surface area contributed by atoms with E-state index < -0.39 is 0 Å². The van der Waals surface area contributed by atoms with Crippen LogP contribution >= 0.6 is 11.8 Å². The van der Waals surface area contributed by atoms with Crippen molar-refractivity contribution in [2.24, 2.45) is 4.99 Å². The lowest BCUT2D eigenvalue weighted by Gasteiger charge is -2.25. The van der Waals surface area contributed by atoms with Crippen molar-refractivity contribution in [3.05, 3.63) is 47.2 Å². The average molecular weight is 332 g/mol. The van der Waals surface area contributed by atoms with E-state index in [-0.39, 0.29) is 11.2 Å². The van der Waals surface area contributed by atoms with Gasteiger partial charge in [-0.2, -0.15) is 0 Å². The Hall–Kier alpha value is -2.08. The van der Waals surface area contributed by atoms with Gasteiger partial charge in [-0.15, -0.1) is 0 Å². The number of hydrogen-bond donors (Lipinski definition) is 1. The Balaban J connectivity index is 2.43. The fourth-order valence-corrected chi connectivity index (χ4v) is 3.41. The van der Waals surface area contributed by atoms with E-state index in [1.807, 2.05) is 62.9 Å². The number of aliphatic imine (C=N–C) groups is 1. The molecule has 6 heteroatoms. The zero-order valence-electron chi connectivity index (χ0n) is 13.9. The topological polar surface area (TPSA) is 53.7 Å². The third kappa shape index (κ3) is 4.45. The summed E-state index contributed by atoms with van der Waals surface area (Å²) in [5.74, 6) is -0.283. The number of carbonyl (C=O) groups excluding carboxylic acids is 1. The molecule has 0 bridgehead atoms. The number of hydrogen-bond acceptors (Lipinski definition) is 3. The molecule has 0 spiro atoms. The Kier molecular flexibility index (Phi) is 5.98. The van der Waals surface area contributed by atoms with Crippen LogP contribution in [0.25, 0.3) is 0 Å². The summed E-state index contributed by atoms with van der Waals surface area (Å²) >= 11 is 1.51. The molecule has 1 aliphatic rings. The molecule has 0 unspecified atom stereocenters. The van der Waals surface area contributed by atoms with Gasteiger partial charge in [-0.25, -0.2) is 4.79 Å². The number of thioether (sulfide) groups is 1. The molecule has 5 nitrogen and oxygen atoms in total. The van der Waals surface area contributed by atoms with E-state index >= 15 is 0 Å². The van der Waals surface area contributed by atoms with Gasteiger partial charge in [0.05, 0.1) is 31.5 Å². The number of carbonyl (C=O) groups is 1. The highest BCUT2D eigenvalue weighted by Gasteiger charge is 2.34. The van der Waals surface area contributed by atoms with Gasteiger partial charge in [0.2, 0.25) is 0 Å². The minimum absolute atomic E-state index is 0.134. The molecule has 0 saturated carbocycles. The molecule has 1 aromatic rings. The summed E-state index contributed by atoms with van der Waals surface area (Å²) in [6, 6.07) is 9.94. The summed E-state index contributed by atoms with van der Waals surface area (Å²) in [5.41, 5.74) is 2.48. The predicted octanol–water partition coefficient (Wildman–Crippen LogP) is 2.56. The van der Waals surface area contributed by atoms with Gasteiger partial charge < -0.3 is 10.1 Å². The van der Waals surface area contributed by atoms with Gasteiger partial charge in [-0.05, 0) is 36.2 Å². The number of amidine groups is 1. The number of ether oxygens (including phenoxy) is 1. The minimum Gasteiger partial charge on any atom is -0.463 e. The van der Waals surface area contributed by atoms with Crippen molar-refractivity contribution in [1.29, 1.82) is 0 Å². The van der Waals surface area contributed by atoms with E-state index in [9.17, 15) is 4.79 Å². The smallest absolute Gasteiger partial charge is 0.337 e. The van der Waals surface area contributed by atoms with Crippen LogP contribution in [0.5, 0.6) is 0 Å². The maximum absolute atomic E-state index is 12.4. The number of nitrogens with zero attached hydrogens (tertiary/aromatic N) is 2. The third-order valence-corrected chi connectivity index (χ3v) is 4.37. The monoisotopic (exact) mass is 332 g/mol. The van der Waals surface area contributed by atoms with Crippen molar-refractivity contribution in [1.82, 2.24) is 5.32 Å².